The third-order valence-electron chi connectivity index (χ3n) is 4.61. The van der Waals surface area contributed by atoms with E-state index in [2.05, 4.69) is 84.8 Å². The third-order valence-corrected chi connectivity index (χ3v) is 5.65. The maximum absolute atomic E-state index is 4.75. The fourth-order valence-electron chi connectivity index (χ4n) is 3.41. The van der Waals surface area contributed by atoms with Crippen LogP contribution in [-0.4, -0.2) is 9.88 Å². The predicted molar refractivity (Wildman–Crippen MR) is 95.5 cm³/mol. The molecule has 23 heavy (non-hydrogen) atoms. The Morgan fingerprint density at radius 2 is 1.61 bits per heavy atom. The van der Waals surface area contributed by atoms with Crippen molar-refractivity contribution in [2.24, 2.45) is 0 Å². The van der Waals surface area contributed by atoms with Gasteiger partial charge in [0.2, 0.25) is 0 Å². The Labute approximate surface area is 141 Å². The molecule has 1 saturated heterocycles. The van der Waals surface area contributed by atoms with Gasteiger partial charge in [-0.2, -0.15) is 0 Å². The second-order valence-corrected chi connectivity index (χ2v) is 7.05. The SMILES string of the molecule is Cc1csc([C@@H]2[C@H](c3ccccc3)N2[C@@H](C)c2ccccc2)n1. The van der Waals surface area contributed by atoms with Gasteiger partial charge in [-0.05, 0) is 25.0 Å². The van der Waals surface area contributed by atoms with E-state index in [9.17, 15) is 0 Å². The lowest BCUT2D eigenvalue weighted by Crippen LogP contribution is -2.07. The van der Waals surface area contributed by atoms with Crippen molar-refractivity contribution in [2.75, 3.05) is 0 Å². The Kier molecular flexibility index (Phi) is 3.76. The molecule has 0 N–H and O–H groups in total. The van der Waals surface area contributed by atoms with Crippen LogP contribution in [0, 0.1) is 6.92 Å². The van der Waals surface area contributed by atoms with Crippen molar-refractivity contribution in [1.29, 1.82) is 0 Å². The molecule has 2 aromatic carbocycles. The second kappa shape index (κ2) is 5.91. The van der Waals surface area contributed by atoms with Crippen molar-refractivity contribution >= 4 is 11.3 Å². The lowest BCUT2D eigenvalue weighted by atomic mass is 10.1. The molecular weight excluding hydrogens is 300 g/mol. The molecule has 4 atom stereocenters. The molecule has 2 nitrogen and oxygen atoms in total. The monoisotopic (exact) mass is 320 g/mol. The van der Waals surface area contributed by atoms with Gasteiger partial charge in [0.1, 0.15) is 5.01 Å². The molecule has 0 bridgehead atoms. The smallest absolute Gasteiger partial charge is 0.112 e. The molecule has 4 rings (SSSR count). The van der Waals surface area contributed by atoms with Gasteiger partial charge in [0, 0.05) is 17.1 Å². The minimum absolute atomic E-state index is 0.385. The van der Waals surface area contributed by atoms with Crippen LogP contribution in [0.15, 0.2) is 66.0 Å². The van der Waals surface area contributed by atoms with E-state index in [0.717, 1.165) is 5.69 Å². The van der Waals surface area contributed by atoms with Crippen LogP contribution in [0.4, 0.5) is 0 Å². The molecule has 1 unspecified atom stereocenters. The average molecular weight is 320 g/mol. The van der Waals surface area contributed by atoms with Gasteiger partial charge in [0.05, 0.1) is 12.1 Å². The Bertz CT molecular complexity index is 782. The van der Waals surface area contributed by atoms with E-state index >= 15 is 0 Å². The van der Waals surface area contributed by atoms with Crippen LogP contribution in [0.1, 0.15) is 46.9 Å². The van der Waals surface area contributed by atoms with Crippen molar-refractivity contribution in [1.82, 2.24) is 9.88 Å². The first-order valence-corrected chi connectivity index (χ1v) is 8.93. The zero-order valence-corrected chi connectivity index (χ0v) is 14.2. The van der Waals surface area contributed by atoms with Gasteiger partial charge in [0.15, 0.2) is 0 Å². The van der Waals surface area contributed by atoms with Gasteiger partial charge in [-0.3, -0.25) is 4.90 Å². The minimum atomic E-state index is 0.385. The maximum Gasteiger partial charge on any atom is 0.112 e. The summed E-state index contributed by atoms with van der Waals surface area (Å²) in [5.74, 6) is 0. The Hall–Kier alpha value is -1.97. The van der Waals surface area contributed by atoms with Gasteiger partial charge in [0.25, 0.3) is 0 Å². The van der Waals surface area contributed by atoms with Crippen molar-refractivity contribution in [3.8, 4) is 0 Å². The van der Waals surface area contributed by atoms with E-state index in [1.165, 1.54) is 16.1 Å². The summed E-state index contributed by atoms with van der Waals surface area (Å²) in [4.78, 5) is 7.32. The highest BCUT2D eigenvalue weighted by molar-refractivity contribution is 7.09. The summed E-state index contributed by atoms with van der Waals surface area (Å²) >= 11 is 1.78. The minimum Gasteiger partial charge on any atom is -0.276 e. The predicted octanol–water partition coefficient (Wildman–Crippen LogP) is 5.31. The molecule has 0 amide bonds. The molecular formula is C20H20N2S. The highest BCUT2D eigenvalue weighted by atomic mass is 32.1. The summed E-state index contributed by atoms with van der Waals surface area (Å²) in [5.41, 5.74) is 3.87. The molecule has 116 valence electrons. The van der Waals surface area contributed by atoms with E-state index in [0.29, 0.717) is 18.1 Å². The normalized spacial score (nSPS) is 24.3. The quantitative estimate of drug-likeness (QED) is 0.605. The Morgan fingerprint density at radius 3 is 2.22 bits per heavy atom. The lowest BCUT2D eigenvalue weighted by Gasteiger charge is -2.15. The number of thiazole rings is 1. The van der Waals surface area contributed by atoms with Crippen LogP contribution in [-0.2, 0) is 0 Å². The average Bonchev–Trinajstić information content (AvgIpc) is 3.21. The molecule has 3 aromatic rings. The summed E-state index contributed by atoms with van der Waals surface area (Å²) < 4.78 is 0. The maximum atomic E-state index is 4.75. The topological polar surface area (TPSA) is 15.9 Å². The zero-order valence-electron chi connectivity index (χ0n) is 13.4. The zero-order chi connectivity index (χ0) is 15.8. The molecule has 0 radical (unpaired) electrons. The number of aromatic nitrogens is 1. The Balaban J connectivity index is 1.68. The molecule has 1 aliphatic heterocycles. The molecule has 0 spiro atoms. The van der Waals surface area contributed by atoms with E-state index in [1.54, 1.807) is 11.3 Å². The fourth-order valence-corrected chi connectivity index (χ4v) is 4.34. The first-order valence-electron chi connectivity index (χ1n) is 8.05. The van der Waals surface area contributed by atoms with Gasteiger partial charge in [-0.25, -0.2) is 4.98 Å². The molecule has 0 saturated carbocycles. The summed E-state index contributed by atoms with van der Waals surface area (Å²) in [6.45, 7) is 4.37. The van der Waals surface area contributed by atoms with Crippen LogP contribution in [0.25, 0.3) is 0 Å². The van der Waals surface area contributed by atoms with E-state index in [1.807, 2.05) is 0 Å². The number of rotatable bonds is 4. The summed E-state index contributed by atoms with van der Waals surface area (Å²) in [6, 6.07) is 22.8. The Morgan fingerprint density at radius 1 is 0.957 bits per heavy atom. The molecule has 1 aromatic heterocycles. The first-order chi connectivity index (χ1) is 11.3. The van der Waals surface area contributed by atoms with Crippen molar-refractivity contribution in [3.63, 3.8) is 0 Å². The standard InChI is InChI=1S/C20H20N2S/c1-14-13-23-20(21-14)19-18(17-11-7-4-8-12-17)22(19)15(2)16-9-5-3-6-10-16/h3-13,15,18-19H,1-2H3/t15-,18-,19-,22?/m0/s1. The van der Waals surface area contributed by atoms with Crippen molar-refractivity contribution in [3.05, 3.63) is 87.9 Å². The third kappa shape index (κ3) is 2.71. The van der Waals surface area contributed by atoms with Crippen molar-refractivity contribution < 1.29 is 0 Å². The summed E-state index contributed by atoms with van der Waals surface area (Å²) in [5, 5.41) is 3.39. The number of hydrogen-bond donors (Lipinski definition) is 0. The first kappa shape index (κ1) is 14.6. The van der Waals surface area contributed by atoms with Crippen LogP contribution in [0.2, 0.25) is 0 Å². The van der Waals surface area contributed by atoms with E-state index < -0.39 is 0 Å². The molecule has 3 heteroatoms. The second-order valence-electron chi connectivity index (χ2n) is 6.16. The van der Waals surface area contributed by atoms with Gasteiger partial charge >= 0.3 is 0 Å². The van der Waals surface area contributed by atoms with Crippen molar-refractivity contribution in [2.45, 2.75) is 32.0 Å². The molecule has 0 aliphatic carbocycles. The van der Waals surface area contributed by atoms with E-state index in [-0.39, 0.29) is 0 Å². The van der Waals surface area contributed by atoms with Gasteiger partial charge in [-0.15, -0.1) is 11.3 Å². The molecule has 1 aliphatic rings. The van der Waals surface area contributed by atoms with Crippen LogP contribution >= 0.6 is 11.3 Å². The number of nitrogens with zero attached hydrogens (tertiary/aromatic N) is 2. The summed E-state index contributed by atoms with van der Waals surface area (Å²) in [6.07, 6.45) is 0. The lowest BCUT2D eigenvalue weighted by molar-refractivity contribution is 0.386. The number of hydrogen-bond acceptors (Lipinski definition) is 3. The molecule has 2 heterocycles. The highest BCUT2D eigenvalue weighted by Gasteiger charge is 2.53. The van der Waals surface area contributed by atoms with Crippen LogP contribution in [0.3, 0.4) is 0 Å². The largest absolute Gasteiger partial charge is 0.276 e. The van der Waals surface area contributed by atoms with Gasteiger partial charge < -0.3 is 0 Å². The van der Waals surface area contributed by atoms with Gasteiger partial charge in [-0.1, -0.05) is 60.7 Å². The van der Waals surface area contributed by atoms with Crippen LogP contribution in [0.5, 0.6) is 0 Å². The summed E-state index contributed by atoms with van der Waals surface area (Å²) in [7, 11) is 0. The number of benzene rings is 2. The number of aryl methyl sites for hydroxylation is 1. The fraction of sp³-hybridized carbons (Fsp3) is 0.250. The van der Waals surface area contributed by atoms with E-state index in [4.69, 9.17) is 4.98 Å². The van der Waals surface area contributed by atoms with Crippen LogP contribution < -0.4 is 0 Å². The highest BCUT2D eigenvalue weighted by Crippen LogP contribution is 2.59. The molecule has 1 fully saturated rings.